The normalized spacial score (nSPS) is 17.8. The second kappa shape index (κ2) is 7.57. The molecule has 0 bridgehead atoms. The van der Waals surface area contributed by atoms with Crippen molar-refractivity contribution in [1.82, 2.24) is 4.90 Å². The van der Waals surface area contributed by atoms with E-state index in [-0.39, 0.29) is 10.7 Å². The minimum Gasteiger partial charge on any atom is -0.591 e. The third-order valence-corrected chi connectivity index (χ3v) is 5.61. The van der Waals surface area contributed by atoms with Crippen LogP contribution in [0, 0.1) is 0 Å². The zero-order valence-electron chi connectivity index (χ0n) is 15.2. The van der Waals surface area contributed by atoms with Crippen molar-refractivity contribution >= 4 is 28.7 Å². The number of carbonyl (C=O) groups is 1. The highest BCUT2D eigenvalue weighted by Crippen LogP contribution is 2.20. The standard InChI is InChI=1S/C18H27N3O2S/c1-14(19-24(23)18(3,4)5)16-6-8-17(9-7-16)21-12-10-20(11-13-21)15(2)22/h6-9H,10-13H2,1-5H3/b19-14+/t24-/m0/s1. The molecule has 1 aliphatic rings. The van der Waals surface area contributed by atoms with Gasteiger partial charge in [0.15, 0.2) is 0 Å². The third-order valence-electron chi connectivity index (χ3n) is 4.12. The van der Waals surface area contributed by atoms with E-state index in [0.29, 0.717) is 0 Å². The van der Waals surface area contributed by atoms with Crippen LogP contribution < -0.4 is 4.90 Å². The topological polar surface area (TPSA) is 59.0 Å². The summed E-state index contributed by atoms with van der Waals surface area (Å²) >= 11 is -1.25. The van der Waals surface area contributed by atoms with Gasteiger partial charge in [0.05, 0.1) is 5.71 Å². The predicted octanol–water partition coefficient (Wildman–Crippen LogP) is 2.63. The van der Waals surface area contributed by atoms with Crippen molar-refractivity contribution in [3.63, 3.8) is 0 Å². The lowest BCUT2D eigenvalue weighted by Crippen LogP contribution is -2.48. The van der Waals surface area contributed by atoms with Crippen LogP contribution in [-0.4, -0.2) is 52.0 Å². The number of rotatable bonds is 3. The lowest BCUT2D eigenvalue weighted by atomic mass is 10.1. The Bertz CT molecular complexity index is 600. The van der Waals surface area contributed by atoms with E-state index in [9.17, 15) is 9.35 Å². The molecule has 1 heterocycles. The molecule has 2 rings (SSSR count). The Morgan fingerprint density at radius 2 is 1.62 bits per heavy atom. The van der Waals surface area contributed by atoms with Gasteiger partial charge in [0.25, 0.3) is 0 Å². The van der Waals surface area contributed by atoms with Gasteiger partial charge in [0.2, 0.25) is 5.91 Å². The first-order valence-corrected chi connectivity index (χ1v) is 9.37. The largest absolute Gasteiger partial charge is 0.591 e. The molecule has 0 spiro atoms. The first-order valence-electron chi connectivity index (χ1n) is 8.26. The molecule has 1 fully saturated rings. The first kappa shape index (κ1) is 18.8. The van der Waals surface area contributed by atoms with Gasteiger partial charge in [-0.25, -0.2) is 0 Å². The number of hydrogen-bond acceptors (Lipinski definition) is 4. The Hall–Kier alpha value is -1.53. The summed E-state index contributed by atoms with van der Waals surface area (Å²) in [6.45, 7) is 12.5. The molecule has 0 aromatic heterocycles. The maximum Gasteiger partial charge on any atom is 0.219 e. The fourth-order valence-corrected chi connectivity index (χ4v) is 3.14. The molecule has 1 atom stereocenters. The summed E-state index contributed by atoms with van der Waals surface area (Å²) in [5.41, 5.74) is 2.92. The fraction of sp³-hybridized carbons (Fsp3) is 0.556. The lowest BCUT2D eigenvalue weighted by molar-refractivity contribution is -0.129. The van der Waals surface area contributed by atoms with E-state index in [2.05, 4.69) is 21.4 Å². The highest BCUT2D eigenvalue weighted by atomic mass is 32.2. The van der Waals surface area contributed by atoms with E-state index in [1.54, 1.807) is 6.92 Å². The monoisotopic (exact) mass is 349 g/mol. The maximum absolute atomic E-state index is 12.1. The number of piperazine rings is 1. The minimum absolute atomic E-state index is 0.142. The number of nitrogens with zero attached hydrogens (tertiary/aromatic N) is 3. The number of amides is 1. The van der Waals surface area contributed by atoms with Crippen LogP contribution in [0.15, 0.2) is 28.7 Å². The first-order chi connectivity index (χ1) is 11.2. The van der Waals surface area contributed by atoms with Crippen LogP contribution >= 0.6 is 0 Å². The molecule has 1 aromatic rings. The number of benzene rings is 1. The Balaban J connectivity index is 2.03. The number of hydrogen-bond donors (Lipinski definition) is 0. The number of carbonyl (C=O) groups excluding carboxylic acids is 1. The molecule has 0 aliphatic carbocycles. The predicted molar refractivity (Wildman–Crippen MR) is 101 cm³/mol. The smallest absolute Gasteiger partial charge is 0.219 e. The van der Waals surface area contributed by atoms with Crippen LogP contribution in [0.5, 0.6) is 0 Å². The second-order valence-electron chi connectivity index (χ2n) is 7.08. The highest BCUT2D eigenvalue weighted by Gasteiger charge is 2.26. The molecule has 1 saturated heterocycles. The molecule has 24 heavy (non-hydrogen) atoms. The van der Waals surface area contributed by atoms with Gasteiger partial charge in [-0.2, -0.15) is 0 Å². The zero-order chi connectivity index (χ0) is 17.9. The molecule has 1 aliphatic heterocycles. The van der Waals surface area contributed by atoms with E-state index < -0.39 is 11.4 Å². The van der Waals surface area contributed by atoms with E-state index in [1.165, 1.54) is 0 Å². The van der Waals surface area contributed by atoms with Gasteiger partial charge < -0.3 is 14.4 Å². The summed E-state index contributed by atoms with van der Waals surface area (Å²) in [6, 6.07) is 8.17. The molecule has 0 radical (unpaired) electrons. The average molecular weight is 350 g/mol. The fourth-order valence-electron chi connectivity index (χ4n) is 2.51. The van der Waals surface area contributed by atoms with Crippen LogP contribution in [0.1, 0.15) is 40.2 Å². The van der Waals surface area contributed by atoms with Crippen LogP contribution in [0.3, 0.4) is 0 Å². The molecule has 0 unspecified atom stereocenters. The van der Waals surface area contributed by atoms with Crippen molar-refractivity contribution in [2.45, 2.75) is 39.4 Å². The molecule has 1 aromatic carbocycles. The Morgan fingerprint density at radius 1 is 1.08 bits per heavy atom. The zero-order valence-corrected chi connectivity index (χ0v) is 16.0. The number of anilines is 1. The molecule has 1 amide bonds. The quantitative estimate of drug-likeness (QED) is 0.622. The van der Waals surface area contributed by atoms with Gasteiger partial charge in [0.1, 0.15) is 16.1 Å². The molecule has 0 saturated carbocycles. The van der Waals surface area contributed by atoms with Gasteiger partial charge in [-0.3, -0.25) is 4.79 Å². The van der Waals surface area contributed by atoms with Crippen molar-refractivity contribution in [2.24, 2.45) is 4.40 Å². The van der Waals surface area contributed by atoms with Crippen molar-refractivity contribution < 1.29 is 9.35 Å². The van der Waals surface area contributed by atoms with Crippen LogP contribution in [0.4, 0.5) is 5.69 Å². The molecule has 5 nitrogen and oxygen atoms in total. The summed E-state index contributed by atoms with van der Waals surface area (Å²) < 4.78 is 16.1. The van der Waals surface area contributed by atoms with Crippen molar-refractivity contribution in [3.8, 4) is 0 Å². The summed E-state index contributed by atoms with van der Waals surface area (Å²) in [6.07, 6.45) is 0. The summed E-state index contributed by atoms with van der Waals surface area (Å²) in [5, 5.41) is 0. The van der Waals surface area contributed by atoms with Gasteiger partial charge >= 0.3 is 0 Å². The molecule has 0 N–H and O–H groups in total. The van der Waals surface area contributed by atoms with Gasteiger partial charge in [-0.05, 0) is 39.8 Å². The molecular weight excluding hydrogens is 322 g/mol. The average Bonchev–Trinajstić information content (AvgIpc) is 2.54. The van der Waals surface area contributed by atoms with E-state index >= 15 is 0 Å². The van der Waals surface area contributed by atoms with E-state index in [0.717, 1.165) is 43.1 Å². The third kappa shape index (κ3) is 4.74. The summed E-state index contributed by atoms with van der Waals surface area (Å²) in [4.78, 5) is 15.5. The van der Waals surface area contributed by atoms with Gasteiger partial charge in [-0.1, -0.05) is 16.5 Å². The lowest BCUT2D eigenvalue weighted by Gasteiger charge is -2.35. The highest BCUT2D eigenvalue weighted by molar-refractivity contribution is 7.91. The van der Waals surface area contributed by atoms with Crippen LogP contribution in [0.2, 0.25) is 0 Å². The van der Waals surface area contributed by atoms with Gasteiger partial charge in [0, 0.05) is 44.4 Å². The minimum atomic E-state index is -1.25. The van der Waals surface area contributed by atoms with Gasteiger partial charge in [-0.15, -0.1) is 0 Å². The maximum atomic E-state index is 12.1. The Labute approximate surface area is 148 Å². The SMILES string of the molecule is CC(=O)N1CCN(c2ccc(/C(C)=N/[S@@+]([O-])C(C)(C)C)cc2)CC1. The van der Waals surface area contributed by atoms with E-state index in [1.807, 2.05) is 44.7 Å². The second-order valence-corrected chi connectivity index (χ2v) is 8.98. The van der Waals surface area contributed by atoms with Crippen molar-refractivity contribution in [2.75, 3.05) is 31.1 Å². The van der Waals surface area contributed by atoms with E-state index in [4.69, 9.17) is 0 Å². The van der Waals surface area contributed by atoms with Crippen molar-refractivity contribution in [1.29, 1.82) is 0 Å². The van der Waals surface area contributed by atoms with Crippen molar-refractivity contribution in [3.05, 3.63) is 29.8 Å². The molecule has 6 heteroatoms. The van der Waals surface area contributed by atoms with Crippen LogP contribution in [-0.2, 0) is 16.2 Å². The summed E-state index contributed by atoms with van der Waals surface area (Å²) in [5.74, 6) is 0.142. The van der Waals surface area contributed by atoms with Crippen LogP contribution in [0.25, 0.3) is 0 Å². The Morgan fingerprint density at radius 3 is 2.08 bits per heavy atom. The molecular formula is C18H27N3O2S. The molecule has 132 valence electrons. The Kier molecular flexibility index (Phi) is 5.93. The summed E-state index contributed by atoms with van der Waals surface area (Å²) in [7, 11) is 0.